The third kappa shape index (κ3) is 6.29. The Morgan fingerprint density at radius 1 is 1.18 bits per heavy atom. The van der Waals surface area contributed by atoms with Crippen LogP contribution in [0.25, 0.3) is 10.9 Å². The number of hydrogen-bond donors (Lipinski definition) is 0. The van der Waals surface area contributed by atoms with Crippen LogP contribution in [0.3, 0.4) is 0 Å². The fourth-order valence-electron chi connectivity index (χ4n) is 3.05. The monoisotopic (exact) mass is 577 g/mol. The van der Waals surface area contributed by atoms with E-state index in [2.05, 4.69) is 37.0 Å². The molecule has 7 nitrogen and oxygen atoms in total. The molecule has 33 heavy (non-hydrogen) atoms. The van der Waals surface area contributed by atoms with Crippen molar-refractivity contribution in [1.29, 1.82) is 0 Å². The van der Waals surface area contributed by atoms with Crippen LogP contribution in [0, 0.1) is 0 Å². The van der Waals surface area contributed by atoms with Crippen LogP contribution in [-0.2, 0) is 9.53 Å². The van der Waals surface area contributed by atoms with E-state index < -0.39 is 5.97 Å². The zero-order valence-electron chi connectivity index (χ0n) is 18.8. The zero-order valence-corrected chi connectivity index (χ0v) is 22.0. The summed E-state index contributed by atoms with van der Waals surface area (Å²) in [6, 6.07) is 10.8. The lowest BCUT2D eigenvalue weighted by molar-refractivity contribution is -0.149. The number of nitrogens with zero attached hydrogens (tertiary/aromatic N) is 3. The number of aromatic nitrogens is 2. The number of ether oxygens (including phenoxy) is 2. The van der Waals surface area contributed by atoms with Crippen LogP contribution in [0.1, 0.15) is 51.4 Å². The van der Waals surface area contributed by atoms with Crippen molar-refractivity contribution < 1.29 is 14.3 Å². The lowest BCUT2D eigenvalue weighted by Crippen LogP contribution is -2.23. The molecule has 1 atom stereocenters. The molecule has 0 saturated carbocycles. The van der Waals surface area contributed by atoms with E-state index in [1.807, 2.05) is 26.0 Å². The first kappa shape index (κ1) is 25.1. The van der Waals surface area contributed by atoms with Gasteiger partial charge in [0.15, 0.2) is 6.61 Å². The molecule has 174 valence electrons. The molecule has 0 aliphatic rings. The van der Waals surface area contributed by atoms with Gasteiger partial charge in [0.1, 0.15) is 11.6 Å². The van der Waals surface area contributed by atoms with Gasteiger partial charge in [-0.2, -0.15) is 9.78 Å². The van der Waals surface area contributed by atoms with Gasteiger partial charge < -0.3 is 9.47 Å². The summed E-state index contributed by atoms with van der Waals surface area (Å²) in [7, 11) is 0. The maximum Gasteiger partial charge on any atom is 0.344 e. The van der Waals surface area contributed by atoms with Crippen molar-refractivity contribution in [3.63, 3.8) is 0 Å². The molecule has 3 rings (SSSR count). The lowest BCUT2D eigenvalue weighted by atomic mass is 10.1. The highest BCUT2D eigenvalue weighted by atomic mass is 79.9. The largest absolute Gasteiger partial charge is 0.481 e. The molecule has 0 aliphatic heterocycles. The summed E-state index contributed by atoms with van der Waals surface area (Å²) in [6.07, 6.45) is 2.22. The second-order valence-corrected chi connectivity index (χ2v) is 9.59. The van der Waals surface area contributed by atoms with E-state index in [1.54, 1.807) is 44.3 Å². The van der Waals surface area contributed by atoms with Crippen molar-refractivity contribution in [2.75, 3.05) is 6.61 Å². The Labute approximate surface area is 209 Å². The molecule has 3 aromatic rings. The average Bonchev–Trinajstić information content (AvgIpc) is 2.77. The molecule has 0 aliphatic carbocycles. The summed E-state index contributed by atoms with van der Waals surface area (Å²) in [5.41, 5.74) is 1.16. The lowest BCUT2D eigenvalue weighted by Gasteiger charge is -2.14. The second kappa shape index (κ2) is 11.1. The van der Waals surface area contributed by atoms with Crippen LogP contribution in [0.15, 0.2) is 55.2 Å². The first-order valence-electron chi connectivity index (χ1n) is 10.6. The Morgan fingerprint density at radius 2 is 1.94 bits per heavy atom. The Hall–Kier alpha value is -2.52. The molecule has 2 aromatic carbocycles. The standard InChI is InChI=1S/C24H25Br2N3O4/c1-5-15(4)23-28-20-8-7-17(25)11-18(20)24(31)29(23)27-12-16-6-9-21(19(26)10-16)32-13-22(30)33-14(2)3/h6-12,14-15H,5,13H2,1-4H3/t15-/m1/s1. The van der Waals surface area contributed by atoms with Crippen LogP contribution in [0.4, 0.5) is 0 Å². The minimum atomic E-state index is -0.435. The summed E-state index contributed by atoms with van der Waals surface area (Å²) < 4.78 is 13.4. The Morgan fingerprint density at radius 3 is 2.61 bits per heavy atom. The van der Waals surface area contributed by atoms with Gasteiger partial charge in [-0.1, -0.05) is 29.8 Å². The Kier molecular flexibility index (Phi) is 8.42. The molecule has 0 radical (unpaired) electrons. The van der Waals surface area contributed by atoms with E-state index in [1.165, 1.54) is 4.68 Å². The highest BCUT2D eigenvalue weighted by Crippen LogP contribution is 2.26. The van der Waals surface area contributed by atoms with Gasteiger partial charge in [0.2, 0.25) is 0 Å². The molecular weight excluding hydrogens is 554 g/mol. The summed E-state index contributed by atoms with van der Waals surface area (Å²) in [5, 5.41) is 4.96. The van der Waals surface area contributed by atoms with E-state index in [4.69, 9.17) is 14.5 Å². The highest BCUT2D eigenvalue weighted by Gasteiger charge is 2.16. The first-order chi connectivity index (χ1) is 15.7. The van der Waals surface area contributed by atoms with Gasteiger partial charge in [-0.25, -0.2) is 9.78 Å². The number of esters is 1. The molecule has 0 spiro atoms. The van der Waals surface area contributed by atoms with Crippen LogP contribution >= 0.6 is 31.9 Å². The number of rotatable bonds is 8. The van der Waals surface area contributed by atoms with Crippen molar-refractivity contribution in [2.24, 2.45) is 5.10 Å². The van der Waals surface area contributed by atoms with E-state index in [0.717, 1.165) is 16.5 Å². The van der Waals surface area contributed by atoms with Crippen molar-refractivity contribution in [3.05, 3.63) is 67.1 Å². The summed E-state index contributed by atoms with van der Waals surface area (Å²) >= 11 is 6.87. The number of fused-ring (bicyclic) bond motifs is 1. The molecule has 0 unspecified atom stereocenters. The maximum atomic E-state index is 13.2. The average molecular weight is 579 g/mol. The maximum absolute atomic E-state index is 13.2. The molecule has 0 amide bonds. The molecule has 0 N–H and O–H groups in total. The predicted octanol–water partition coefficient (Wildman–Crippen LogP) is 5.65. The number of benzene rings is 2. The van der Waals surface area contributed by atoms with Crippen LogP contribution in [0.2, 0.25) is 0 Å². The van der Waals surface area contributed by atoms with Gasteiger partial charge >= 0.3 is 5.97 Å². The fraction of sp³-hybridized carbons (Fsp3) is 0.333. The molecule has 0 bridgehead atoms. The van der Waals surface area contributed by atoms with Gasteiger partial charge in [-0.3, -0.25) is 4.79 Å². The molecular formula is C24H25Br2N3O4. The summed E-state index contributed by atoms with van der Waals surface area (Å²) in [5.74, 6) is 0.727. The van der Waals surface area contributed by atoms with Gasteiger partial charge in [0.25, 0.3) is 5.56 Å². The quantitative estimate of drug-likeness (QED) is 0.255. The normalized spacial score (nSPS) is 12.5. The number of halogens is 2. The van der Waals surface area contributed by atoms with Crippen LogP contribution in [0.5, 0.6) is 5.75 Å². The van der Waals surface area contributed by atoms with Gasteiger partial charge in [0.05, 0.1) is 27.7 Å². The van der Waals surface area contributed by atoms with Crippen molar-refractivity contribution >= 4 is 54.9 Å². The molecule has 0 fully saturated rings. The summed E-state index contributed by atoms with van der Waals surface area (Å²) in [4.78, 5) is 29.6. The SMILES string of the molecule is CC[C@@H](C)c1nc2ccc(Br)cc2c(=O)n1N=Cc1ccc(OCC(=O)OC(C)C)c(Br)c1. The van der Waals surface area contributed by atoms with Crippen LogP contribution in [-0.4, -0.2) is 34.6 Å². The topological polar surface area (TPSA) is 82.8 Å². The third-order valence-corrected chi connectivity index (χ3v) is 5.99. The van der Waals surface area contributed by atoms with E-state index in [9.17, 15) is 9.59 Å². The van der Waals surface area contributed by atoms with Crippen molar-refractivity contribution in [1.82, 2.24) is 9.66 Å². The zero-order chi connectivity index (χ0) is 24.1. The molecule has 9 heteroatoms. The number of carbonyl (C=O) groups excluding carboxylic acids is 1. The first-order valence-corrected chi connectivity index (χ1v) is 12.2. The van der Waals surface area contributed by atoms with Gasteiger partial charge in [0, 0.05) is 10.4 Å². The molecule has 0 saturated heterocycles. The van der Waals surface area contributed by atoms with E-state index in [-0.39, 0.29) is 24.2 Å². The smallest absolute Gasteiger partial charge is 0.344 e. The van der Waals surface area contributed by atoms with Gasteiger partial charge in [-0.15, -0.1) is 0 Å². The van der Waals surface area contributed by atoms with Crippen molar-refractivity contribution in [3.8, 4) is 5.75 Å². The minimum absolute atomic E-state index is 0.0519. The second-order valence-electron chi connectivity index (χ2n) is 7.82. The minimum Gasteiger partial charge on any atom is -0.481 e. The third-order valence-electron chi connectivity index (χ3n) is 4.88. The van der Waals surface area contributed by atoms with E-state index >= 15 is 0 Å². The van der Waals surface area contributed by atoms with Gasteiger partial charge in [-0.05, 0) is 78.2 Å². The van der Waals surface area contributed by atoms with Crippen molar-refractivity contribution in [2.45, 2.75) is 46.1 Å². The molecule has 1 aromatic heterocycles. The number of hydrogen-bond acceptors (Lipinski definition) is 6. The Balaban J connectivity index is 1.90. The summed E-state index contributed by atoms with van der Waals surface area (Å²) in [6.45, 7) is 7.44. The van der Waals surface area contributed by atoms with Crippen LogP contribution < -0.4 is 10.3 Å². The fourth-order valence-corrected chi connectivity index (χ4v) is 3.92. The highest BCUT2D eigenvalue weighted by molar-refractivity contribution is 9.10. The Bertz CT molecular complexity index is 1250. The predicted molar refractivity (Wildman–Crippen MR) is 136 cm³/mol. The van der Waals surface area contributed by atoms with E-state index in [0.29, 0.717) is 26.9 Å². The number of carbonyl (C=O) groups is 1. The molecule has 1 heterocycles.